The van der Waals surface area contributed by atoms with E-state index in [1.807, 2.05) is 24.3 Å². The zero-order valence-corrected chi connectivity index (χ0v) is 10.4. The molecule has 0 fully saturated rings. The van der Waals surface area contributed by atoms with Crippen molar-refractivity contribution in [2.45, 2.75) is 18.9 Å². The molecule has 0 saturated heterocycles. The molecule has 0 aliphatic carbocycles. The summed E-state index contributed by atoms with van der Waals surface area (Å²) in [5.41, 5.74) is 6.72. The van der Waals surface area contributed by atoms with E-state index in [1.165, 1.54) is 0 Å². The van der Waals surface area contributed by atoms with Crippen LogP contribution in [0.15, 0.2) is 36.9 Å². The van der Waals surface area contributed by atoms with Crippen molar-refractivity contribution in [3.63, 3.8) is 0 Å². The van der Waals surface area contributed by atoms with Crippen molar-refractivity contribution in [3.05, 3.63) is 47.5 Å². The second kappa shape index (κ2) is 7.09. The zero-order valence-electron chi connectivity index (χ0n) is 9.66. The number of rotatable bonds is 6. The Kier molecular flexibility index (Phi) is 5.73. The maximum atomic E-state index is 11.5. The molecule has 0 aromatic heterocycles. The molecule has 0 aliphatic rings. The van der Waals surface area contributed by atoms with Crippen LogP contribution in [0.3, 0.4) is 0 Å². The average Bonchev–Trinajstić information content (AvgIpc) is 2.29. The van der Waals surface area contributed by atoms with E-state index < -0.39 is 6.04 Å². The second-order valence-electron chi connectivity index (χ2n) is 3.80. The molecular weight excluding hydrogens is 236 g/mol. The van der Waals surface area contributed by atoms with Crippen LogP contribution >= 0.6 is 11.6 Å². The Hall–Kier alpha value is -1.32. The number of carbonyl (C=O) groups excluding carboxylic acids is 1. The first-order valence-corrected chi connectivity index (χ1v) is 5.90. The Labute approximate surface area is 107 Å². The molecule has 92 valence electrons. The lowest BCUT2D eigenvalue weighted by atomic mass is 10.1. The van der Waals surface area contributed by atoms with Gasteiger partial charge in [0.05, 0.1) is 6.04 Å². The maximum absolute atomic E-state index is 11.5. The van der Waals surface area contributed by atoms with E-state index in [4.69, 9.17) is 17.3 Å². The third-order valence-electron chi connectivity index (χ3n) is 2.36. The van der Waals surface area contributed by atoms with Gasteiger partial charge in [-0.05, 0) is 30.5 Å². The molecule has 1 atom stereocenters. The fraction of sp³-hybridized carbons (Fsp3) is 0.308. The van der Waals surface area contributed by atoms with Crippen molar-refractivity contribution in [2.24, 2.45) is 5.73 Å². The van der Waals surface area contributed by atoms with Gasteiger partial charge < -0.3 is 11.1 Å². The van der Waals surface area contributed by atoms with Gasteiger partial charge in [-0.2, -0.15) is 0 Å². The topological polar surface area (TPSA) is 55.1 Å². The molecule has 0 radical (unpaired) electrons. The third kappa shape index (κ3) is 5.02. The summed E-state index contributed by atoms with van der Waals surface area (Å²) in [6, 6.07) is 7.07. The van der Waals surface area contributed by atoms with Gasteiger partial charge in [-0.15, -0.1) is 6.58 Å². The molecule has 1 rings (SSSR count). The highest BCUT2D eigenvalue weighted by Crippen LogP contribution is 2.10. The van der Waals surface area contributed by atoms with Crippen LogP contribution in [0.1, 0.15) is 12.0 Å². The maximum Gasteiger partial charge on any atom is 0.237 e. The molecule has 17 heavy (non-hydrogen) atoms. The van der Waals surface area contributed by atoms with E-state index in [2.05, 4.69) is 11.9 Å². The molecule has 0 aliphatic heterocycles. The molecule has 4 heteroatoms. The monoisotopic (exact) mass is 252 g/mol. The van der Waals surface area contributed by atoms with Gasteiger partial charge in [0.2, 0.25) is 5.91 Å². The summed E-state index contributed by atoms with van der Waals surface area (Å²) < 4.78 is 0. The van der Waals surface area contributed by atoms with Gasteiger partial charge in [-0.25, -0.2) is 0 Å². The van der Waals surface area contributed by atoms with E-state index in [-0.39, 0.29) is 5.91 Å². The molecule has 1 unspecified atom stereocenters. The number of hydrogen-bond acceptors (Lipinski definition) is 2. The molecular formula is C13H17ClN2O. The molecule has 1 aromatic rings. The van der Waals surface area contributed by atoms with Crippen LogP contribution in [-0.2, 0) is 11.2 Å². The van der Waals surface area contributed by atoms with Crippen molar-refractivity contribution in [2.75, 3.05) is 6.54 Å². The molecule has 0 spiro atoms. The zero-order chi connectivity index (χ0) is 12.7. The Morgan fingerprint density at radius 1 is 1.59 bits per heavy atom. The average molecular weight is 253 g/mol. The summed E-state index contributed by atoms with van der Waals surface area (Å²) in [7, 11) is 0. The van der Waals surface area contributed by atoms with Gasteiger partial charge in [-0.1, -0.05) is 29.8 Å². The summed E-state index contributed by atoms with van der Waals surface area (Å²) in [6.45, 7) is 4.11. The van der Waals surface area contributed by atoms with E-state index in [0.717, 1.165) is 12.0 Å². The summed E-state index contributed by atoms with van der Waals surface area (Å²) in [5.74, 6) is -0.146. The Balaban J connectivity index is 2.32. The van der Waals surface area contributed by atoms with E-state index >= 15 is 0 Å². The Morgan fingerprint density at radius 2 is 2.35 bits per heavy atom. The smallest absolute Gasteiger partial charge is 0.237 e. The minimum atomic E-state index is -0.508. The predicted octanol–water partition coefficient (Wildman–Crippen LogP) is 1.90. The normalized spacial score (nSPS) is 11.9. The summed E-state index contributed by atoms with van der Waals surface area (Å²) in [4.78, 5) is 11.5. The lowest BCUT2D eigenvalue weighted by Crippen LogP contribution is -2.40. The van der Waals surface area contributed by atoms with Crippen molar-refractivity contribution in [3.8, 4) is 0 Å². The van der Waals surface area contributed by atoms with Gasteiger partial charge in [-0.3, -0.25) is 4.79 Å². The van der Waals surface area contributed by atoms with Gasteiger partial charge in [0.1, 0.15) is 0 Å². The molecule has 1 amide bonds. The number of halogens is 1. The van der Waals surface area contributed by atoms with Crippen LogP contribution in [0.2, 0.25) is 5.02 Å². The Bertz CT molecular complexity index is 393. The van der Waals surface area contributed by atoms with Gasteiger partial charge in [0.15, 0.2) is 0 Å². The summed E-state index contributed by atoms with van der Waals surface area (Å²) in [6.07, 6.45) is 2.87. The van der Waals surface area contributed by atoms with Crippen molar-refractivity contribution in [1.29, 1.82) is 0 Å². The highest BCUT2D eigenvalue weighted by molar-refractivity contribution is 6.30. The summed E-state index contributed by atoms with van der Waals surface area (Å²) >= 11 is 5.86. The lowest BCUT2D eigenvalue weighted by Gasteiger charge is -2.10. The van der Waals surface area contributed by atoms with Crippen LogP contribution in [0, 0.1) is 0 Å². The van der Waals surface area contributed by atoms with Crippen LogP contribution in [-0.4, -0.2) is 18.5 Å². The minimum Gasteiger partial charge on any atom is -0.354 e. The van der Waals surface area contributed by atoms with Crippen LogP contribution in [0.4, 0.5) is 0 Å². The van der Waals surface area contributed by atoms with Gasteiger partial charge in [0, 0.05) is 11.6 Å². The lowest BCUT2D eigenvalue weighted by molar-refractivity contribution is -0.122. The predicted molar refractivity (Wildman–Crippen MR) is 71.0 cm³/mol. The van der Waals surface area contributed by atoms with E-state index in [1.54, 1.807) is 6.08 Å². The molecule has 0 bridgehead atoms. The molecule has 3 nitrogen and oxygen atoms in total. The first kappa shape index (κ1) is 13.7. The fourth-order valence-electron chi connectivity index (χ4n) is 1.44. The minimum absolute atomic E-state index is 0.146. The number of hydrogen-bond donors (Lipinski definition) is 2. The first-order valence-electron chi connectivity index (χ1n) is 5.52. The molecule has 0 heterocycles. The SMILES string of the molecule is C=CCC(N)C(=O)NCCc1cccc(Cl)c1. The van der Waals surface area contributed by atoms with Gasteiger partial charge >= 0.3 is 0 Å². The summed E-state index contributed by atoms with van der Waals surface area (Å²) in [5, 5.41) is 3.49. The standard InChI is InChI=1S/C13H17ClN2O/c1-2-4-12(15)13(17)16-8-7-10-5-3-6-11(14)9-10/h2-3,5-6,9,12H,1,4,7-8,15H2,(H,16,17). The molecule has 1 aromatic carbocycles. The number of amides is 1. The molecule has 0 saturated carbocycles. The number of carbonyl (C=O) groups is 1. The van der Waals surface area contributed by atoms with E-state index in [9.17, 15) is 4.79 Å². The fourth-order valence-corrected chi connectivity index (χ4v) is 1.65. The highest BCUT2D eigenvalue weighted by atomic mass is 35.5. The van der Waals surface area contributed by atoms with Crippen molar-refractivity contribution >= 4 is 17.5 Å². The largest absolute Gasteiger partial charge is 0.354 e. The van der Waals surface area contributed by atoms with Crippen molar-refractivity contribution < 1.29 is 4.79 Å². The van der Waals surface area contributed by atoms with Crippen LogP contribution < -0.4 is 11.1 Å². The number of nitrogens with two attached hydrogens (primary N) is 1. The quantitative estimate of drug-likeness (QED) is 0.760. The van der Waals surface area contributed by atoms with Gasteiger partial charge in [0.25, 0.3) is 0 Å². The number of benzene rings is 1. The van der Waals surface area contributed by atoms with Crippen LogP contribution in [0.25, 0.3) is 0 Å². The van der Waals surface area contributed by atoms with E-state index in [0.29, 0.717) is 18.0 Å². The Morgan fingerprint density at radius 3 is 3.00 bits per heavy atom. The first-order chi connectivity index (χ1) is 8.13. The van der Waals surface area contributed by atoms with Crippen molar-refractivity contribution in [1.82, 2.24) is 5.32 Å². The highest BCUT2D eigenvalue weighted by Gasteiger charge is 2.10. The second-order valence-corrected chi connectivity index (χ2v) is 4.24. The molecule has 3 N–H and O–H groups in total. The number of nitrogens with one attached hydrogen (secondary N) is 1. The third-order valence-corrected chi connectivity index (χ3v) is 2.59. The van der Waals surface area contributed by atoms with Crippen LogP contribution in [0.5, 0.6) is 0 Å².